The van der Waals surface area contributed by atoms with Crippen molar-refractivity contribution in [2.24, 2.45) is 0 Å². The van der Waals surface area contributed by atoms with E-state index < -0.39 is 0 Å². The van der Waals surface area contributed by atoms with Crippen molar-refractivity contribution in [2.75, 3.05) is 18.0 Å². The van der Waals surface area contributed by atoms with Gasteiger partial charge in [-0.15, -0.1) is 6.42 Å². The third kappa shape index (κ3) is 1.29. The molecule has 0 N–H and O–H groups in total. The molecule has 1 saturated heterocycles. The summed E-state index contributed by atoms with van der Waals surface area (Å²) in [5, 5.41) is 0. The van der Waals surface area contributed by atoms with E-state index in [9.17, 15) is 0 Å². The minimum Gasteiger partial charge on any atom is -0.341 e. The average molecular weight is 199 g/mol. The molecule has 0 unspecified atom stereocenters. The van der Waals surface area contributed by atoms with Crippen LogP contribution in [0.4, 0.5) is 5.95 Å². The van der Waals surface area contributed by atoms with Crippen LogP contribution in [0.5, 0.6) is 0 Å². The van der Waals surface area contributed by atoms with Gasteiger partial charge in [-0.2, -0.15) is 0 Å². The molecular formula is C12H13N3. The summed E-state index contributed by atoms with van der Waals surface area (Å²) in [7, 11) is 0. The van der Waals surface area contributed by atoms with Gasteiger partial charge in [0.2, 0.25) is 5.95 Å². The number of nitrogens with zero attached hydrogens (tertiary/aromatic N) is 3. The molecule has 1 aromatic heterocycles. The Labute approximate surface area is 89.5 Å². The Morgan fingerprint density at radius 1 is 1.13 bits per heavy atom. The van der Waals surface area contributed by atoms with Gasteiger partial charge < -0.3 is 4.90 Å². The zero-order chi connectivity index (χ0) is 10.3. The molecule has 1 aliphatic heterocycles. The molecule has 3 rings (SSSR count). The van der Waals surface area contributed by atoms with Gasteiger partial charge in [0.15, 0.2) is 0 Å². The van der Waals surface area contributed by atoms with E-state index in [1.165, 1.54) is 24.1 Å². The molecule has 1 fully saturated rings. The highest BCUT2D eigenvalue weighted by molar-refractivity contribution is 5.46. The number of terminal acetylenes is 1. The van der Waals surface area contributed by atoms with E-state index in [1.807, 2.05) is 0 Å². The Bertz CT molecular complexity index is 441. The van der Waals surface area contributed by atoms with Gasteiger partial charge >= 0.3 is 0 Å². The van der Waals surface area contributed by atoms with Crippen molar-refractivity contribution in [3.05, 3.63) is 17.0 Å². The topological polar surface area (TPSA) is 29.0 Å². The number of rotatable bonds is 1. The fraction of sp³-hybridized carbons (Fsp3) is 0.500. The molecule has 0 aromatic carbocycles. The van der Waals surface area contributed by atoms with Crippen LogP contribution in [0.15, 0.2) is 0 Å². The van der Waals surface area contributed by atoms with E-state index in [1.54, 1.807) is 0 Å². The summed E-state index contributed by atoms with van der Waals surface area (Å²) in [6.45, 7) is 2.14. The van der Waals surface area contributed by atoms with E-state index in [0.717, 1.165) is 37.6 Å². The first kappa shape index (κ1) is 8.72. The first-order valence-corrected chi connectivity index (χ1v) is 5.50. The quantitative estimate of drug-likeness (QED) is 0.635. The van der Waals surface area contributed by atoms with Crippen LogP contribution < -0.4 is 4.90 Å². The second-order valence-electron chi connectivity index (χ2n) is 4.14. The maximum Gasteiger partial charge on any atom is 0.226 e. The van der Waals surface area contributed by atoms with E-state index in [-0.39, 0.29) is 0 Å². The first-order valence-electron chi connectivity index (χ1n) is 5.50. The van der Waals surface area contributed by atoms with Crippen LogP contribution >= 0.6 is 0 Å². The van der Waals surface area contributed by atoms with Crippen molar-refractivity contribution in [1.82, 2.24) is 9.97 Å². The number of hydrogen-bond donors (Lipinski definition) is 0. The molecule has 1 aromatic rings. The number of aromatic nitrogens is 2. The minimum absolute atomic E-state index is 0.819. The molecule has 76 valence electrons. The van der Waals surface area contributed by atoms with Gasteiger partial charge in [-0.25, -0.2) is 9.97 Å². The summed E-state index contributed by atoms with van der Waals surface area (Å²) >= 11 is 0. The summed E-state index contributed by atoms with van der Waals surface area (Å²) in [5.74, 6) is 3.54. The molecule has 2 heterocycles. The molecule has 1 aliphatic carbocycles. The number of aryl methyl sites for hydroxylation is 1. The fourth-order valence-electron chi connectivity index (χ4n) is 2.20. The van der Waals surface area contributed by atoms with Crippen LogP contribution in [0.25, 0.3) is 0 Å². The van der Waals surface area contributed by atoms with E-state index >= 15 is 0 Å². The Hall–Kier alpha value is -1.56. The number of anilines is 1. The maximum atomic E-state index is 5.49. The van der Waals surface area contributed by atoms with Gasteiger partial charge in [-0.05, 0) is 31.6 Å². The molecule has 2 aliphatic rings. The molecule has 0 atom stereocenters. The second-order valence-corrected chi connectivity index (χ2v) is 4.14. The number of hydrogen-bond acceptors (Lipinski definition) is 3. The van der Waals surface area contributed by atoms with Gasteiger partial charge in [-0.3, -0.25) is 0 Å². The normalized spacial score (nSPS) is 18.2. The maximum absolute atomic E-state index is 5.49. The fourth-order valence-corrected chi connectivity index (χ4v) is 2.20. The summed E-state index contributed by atoms with van der Waals surface area (Å²) in [6.07, 6.45) is 10.0. The van der Waals surface area contributed by atoms with Crippen molar-refractivity contribution < 1.29 is 0 Å². The van der Waals surface area contributed by atoms with Crippen LogP contribution in [0.2, 0.25) is 0 Å². The lowest BCUT2D eigenvalue weighted by Crippen LogP contribution is -2.38. The molecule has 0 amide bonds. The van der Waals surface area contributed by atoms with Crippen LogP contribution in [-0.2, 0) is 12.8 Å². The van der Waals surface area contributed by atoms with Gasteiger partial charge in [0, 0.05) is 18.7 Å². The Balaban J connectivity index is 2.07. The molecule has 0 radical (unpaired) electrons. The third-order valence-corrected chi connectivity index (χ3v) is 3.20. The highest BCUT2D eigenvalue weighted by Crippen LogP contribution is 2.26. The van der Waals surface area contributed by atoms with Crippen LogP contribution in [-0.4, -0.2) is 23.1 Å². The highest BCUT2D eigenvalue weighted by atomic mass is 15.3. The Morgan fingerprint density at radius 3 is 2.67 bits per heavy atom. The molecule has 0 saturated carbocycles. The summed E-state index contributed by atoms with van der Waals surface area (Å²) < 4.78 is 0. The van der Waals surface area contributed by atoms with E-state index in [0.29, 0.717) is 0 Å². The zero-order valence-electron chi connectivity index (χ0n) is 8.66. The van der Waals surface area contributed by atoms with Crippen LogP contribution in [0.1, 0.15) is 29.8 Å². The van der Waals surface area contributed by atoms with Crippen molar-refractivity contribution in [3.8, 4) is 12.3 Å². The third-order valence-electron chi connectivity index (χ3n) is 3.20. The van der Waals surface area contributed by atoms with Crippen LogP contribution in [0, 0.1) is 12.3 Å². The molecule has 3 heteroatoms. The second kappa shape index (κ2) is 3.23. The molecule has 3 nitrogen and oxygen atoms in total. The lowest BCUT2D eigenvalue weighted by Gasteiger charge is -2.31. The largest absolute Gasteiger partial charge is 0.341 e. The zero-order valence-corrected chi connectivity index (χ0v) is 8.66. The Kier molecular flexibility index (Phi) is 1.88. The van der Waals surface area contributed by atoms with Crippen molar-refractivity contribution >= 4 is 5.95 Å². The molecule has 0 bridgehead atoms. The van der Waals surface area contributed by atoms with Crippen LogP contribution in [0.3, 0.4) is 0 Å². The summed E-state index contributed by atoms with van der Waals surface area (Å²) in [4.78, 5) is 11.3. The van der Waals surface area contributed by atoms with Gasteiger partial charge in [0.05, 0.1) is 5.69 Å². The van der Waals surface area contributed by atoms with Gasteiger partial charge in [0.25, 0.3) is 0 Å². The van der Waals surface area contributed by atoms with Crippen molar-refractivity contribution in [3.63, 3.8) is 0 Å². The van der Waals surface area contributed by atoms with E-state index in [2.05, 4.69) is 20.8 Å². The van der Waals surface area contributed by atoms with E-state index in [4.69, 9.17) is 6.42 Å². The highest BCUT2D eigenvalue weighted by Gasteiger charge is 2.23. The minimum atomic E-state index is 0.819. The van der Waals surface area contributed by atoms with Gasteiger partial charge in [0.1, 0.15) is 5.69 Å². The smallest absolute Gasteiger partial charge is 0.226 e. The predicted molar refractivity (Wildman–Crippen MR) is 58.8 cm³/mol. The van der Waals surface area contributed by atoms with Gasteiger partial charge in [-0.1, -0.05) is 0 Å². The average Bonchev–Trinajstić information content (AvgIpc) is 2.61. The van der Waals surface area contributed by atoms with Crippen molar-refractivity contribution in [2.45, 2.75) is 25.7 Å². The van der Waals surface area contributed by atoms with Crippen molar-refractivity contribution in [1.29, 1.82) is 0 Å². The summed E-state index contributed by atoms with van der Waals surface area (Å²) in [6, 6.07) is 0. The number of fused-ring (bicyclic) bond motifs is 1. The lowest BCUT2D eigenvalue weighted by atomic mass is 10.2. The molecular weight excluding hydrogens is 186 g/mol. The predicted octanol–water partition coefficient (Wildman–Crippen LogP) is 1.16. The Morgan fingerprint density at radius 2 is 2.00 bits per heavy atom. The SMILES string of the molecule is C#Cc1nc(N2CCC2)nc2c1CCC2. The summed E-state index contributed by atoms with van der Waals surface area (Å²) in [5.41, 5.74) is 3.21. The standard InChI is InChI=1S/C12H13N3/c1-2-10-9-5-3-6-11(9)14-12(13-10)15-7-4-8-15/h1H,3-8H2. The first-order chi connectivity index (χ1) is 7.38. The monoisotopic (exact) mass is 199 g/mol. The molecule has 15 heavy (non-hydrogen) atoms. The lowest BCUT2D eigenvalue weighted by molar-refractivity contribution is 0.598. The molecule has 0 spiro atoms.